The second-order valence-corrected chi connectivity index (χ2v) is 6.23. The summed E-state index contributed by atoms with van der Waals surface area (Å²) >= 11 is 0. The van der Waals surface area contributed by atoms with Crippen molar-refractivity contribution in [2.45, 2.75) is 18.9 Å². The predicted octanol–water partition coefficient (Wildman–Crippen LogP) is 2.90. The lowest BCUT2D eigenvalue weighted by Crippen LogP contribution is -2.44. The quantitative estimate of drug-likeness (QED) is 0.770. The van der Waals surface area contributed by atoms with Crippen LogP contribution < -0.4 is 10.6 Å². The number of anilines is 1. The Balaban J connectivity index is 1.81. The van der Waals surface area contributed by atoms with Crippen molar-refractivity contribution in [3.8, 4) is 0 Å². The van der Waals surface area contributed by atoms with Crippen LogP contribution in [0.2, 0.25) is 0 Å². The molecule has 0 spiro atoms. The van der Waals surface area contributed by atoms with Gasteiger partial charge in [-0.1, -0.05) is 25.1 Å². The molecule has 2 aromatic carbocycles. The molecule has 2 N–H and O–H groups in total. The topological polar surface area (TPSA) is 78.5 Å². The number of urea groups is 1. The number of nitrogens with zero attached hydrogens (tertiary/aromatic N) is 1. The highest BCUT2D eigenvalue weighted by molar-refractivity contribution is 6.10. The van der Waals surface area contributed by atoms with Gasteiger partial charge in [0.2, 0.25) is 5.91 Å². The zero-order valence-corrected chi connectivity index (χ0v) is 14.8. The molecule has 6 nitrogen and oxygen atoms in total. The Bertz CT molecular complexity index is 929. The Morgan fingerprint density at radius 2 is 1.68 bits per heavy atom. The molecule has 1 heterocycles. The van der Waals surface area contributed by atoms with Crippen LogP contribution in [0.25, 0.3) is 0 Å². The maximum Gasteiger partial charge on any atom is 0.325 e. The molecule has 1 aliphatic heterocycles. The van der Waals surface area contributed by atoms with E-state index >= 15 is 0 Å². The monoisotopic (exact) mass is 391 g/mol. The maximum absolute atomic E-state index is 13.7. The first kappa shape index (κ1) is 19.4. The molecule has 2 aromatic rings. The van der Waals surface area contributed by atoms with Gasteiger partial charge in [0.1, 0.15) is 35.2 Å². The number of carbonyl (C=O) groups excluding carboxylic acids is 3. The Hall–Kier alpha value is -3.36. The van der Waals surface area contributed by atoms with Gasteiger partial charge in [-0.2, -0.15) is 0 Å². The van der Waals surface area contributed by atoms with Crippen molar-refractivity contribution in [2.24, 2.45) is 0 Å². The maximum atomic E-state index is 13.7. The van der Waals surface area contributed by atoms with Crippen LogP contribution in [0.5, 0.6) is 0 Å². The lowest BCUT2D eigenvalue weighted by atomic mass is 9.87. The molecule has 28 heavy (non-hydrogen) atoms. The fourth-order valence-corrected chi connectivity index (χ4v) is 3.08. The van der Waals surface area contributed by atoms with E-state index in [0.29, 0.717) is 10.5 Å². The number of amides is 4. The number of para-hydroxylation sites is 1. The van der Waals surface area contributed by atoms with Crippen LogP contribution in [0, 0.1) is 17.5 Å². The van der Waals surface area contributed by atoms with Gasteiger partial charge in [0, 0.05) is 0 Å². The average Bonchev–Trinajstić information content (AvgIpc) is 2.90. The summed E-state index contributed by atoms with van der Waals surface area (Å²) in [5.41, 5.74) is -1.76. The lowest BCUT2D eigenvalue weighted by Gasteiger charge is -2.25. The van der Waals surface area contributed by atoms with Crippen LogP contribution >= 0.6 is 0 Å². The zero-order valence-electron chi connectivity index (χ0n) is 14.8. The second kappa shape index (κ2) is 7.34. The Morgan fingerprint density at radius 1 is 1.07 bits per heavy atom. The third kappa shape index (κ3) is 3.30. The summed E-state index contributed by atoms with van der Waals surface area (Å²) in [6.45, 7) is 0.918. The minimum absolute atomic E-state index is 0.156. The fourth-order valence-electron chi connectivity index (χ4n) is 3.08. The molecule has 1 aliphatic rings. The highest BCUT2D eigenvalue weighted by atomic mass is 19.1. The third-order valence-corrected chi connectivity index (χ3v) is 4.57. The first-order chi connectivity index (χ1) is 13.3. The lowest BCUT2D eigenvalue weighted by molar-refractivity contribution is -0.134. The first-order valence-corrected chi connectivity index (χ1v) is 8.42. The molecule has 1 fully saturated rings. The summed E-state index contributed by atoms with van der Waals surface area (Å²) in [5.74, 6) is -4.14. The van der Waals surface area contributed by atoms with E-state index in [9.17, 15) is 27.6 Å². The summed E-state index contributed by atoms with van der Waals surface area (Å²) in [6.07, 6.45) is 0.156. The molecule has 0 radical (unpaired) electrons. The highest BCUT2D eigenvalue weighted by Gasteiger charge is 2.51. The third-order valence-electron chi connectivity index (χ3n) is 4.57. The van der Waals surface area contributed by atoms with Crippen LogP contribution in [0.15, 0.2) is 42.5 Å². The van der Waals surface area contributed by atoms with E-state index in [4.69, 9.17) is 0 Å². The molecule has 1 atom stereocenters. The number of benzene rings is 2. The van der Waals surface area contributed by atoms with E-state index in [2.05, 4.69) is 5.32 Å². The van der Waals surface area contributed by atoms with Crippen LogP contribution in [0.3, 0.4) is 0 Å². The van der Waals surface area contributed by atoms with E-state index in [1.165, 1.54) is 12.1 Å². The van der Waals surface area contributed by atoms with Crippen LogP contribution in [0.4, 0.5) is 23.7 Å². The van der Waals surface area contributed by atoms with Crippen LogP contribution in [-0.4, -0.2) is 29.3 Å². The molecule has 146 valence electrons. The molecule has 0 bridgehead atoms. The van der Waals surface area contributed by atoms with Crippen LogP contribution in [0.1, 0.15) is 18.9 Å². The van der Waals surface area contributed by atoms with Crippen molar-refractivity contribution >= 4 is 23.5 Å². The van der Waals surface area contributed by atoms with Crippen molar-refractivity contribution < 1.29 is 27.6 Å². The van der Waals surface area contributed by atoms with Gasteiger partial charge < -0.3 is 10.6 Å². The van der Waals surface area contributed by atoms with Gasteiger partial charge >= 0.3 is 6.03 Å². The SMILES string of the molecule is CC[C@]1(c2ccc(F)cc2)NC(=O)N(CC(=O)Nc2c(F)cccc2F)C1=O. The van der Waals surface area contributed by atoms with Gasteiger partial charge in [0.15, 0.2) is 0 Å². The molecule has 1 saturated heterocycles. The van der Waals surface area contributed by atoms with E-state index < -0.39 is 53.1 Å². The number of carbonyl (C=O) groups is 3. The van der Waals surface area contributed by atoms with E-state index in [1.807, 2.05) is 5.32 Å². The van der Waals surface area contributed by atoms with E-state index in [0.717, 1.165) is 30.3 Å². The molecular weight excluding hydrogens is 375 g/mol. The number of rotatable bonds is 5. The van der Waals surface area contributed by atoms with Crippen molar-refractivity contribution in [1.29, 1.82) is 0 Å². The summed E-state index contributed by atoms with van der Waals surface area (Å²) in [7, 11) is 0. The molecule has 9 heteroatoms. The normalized spacial score (nSPS) is 18.9. The van der Waals surface area contributed by atoms with Gasteiger partial charge in [0.25, 0.3) is 5.91 Å². The first-order valence-electron chi connectivity index (χ1n) is 8.42. The van der Waals surface area contributed by atoms with Gasteiger partial charge in [-0.25, -0.2) is 18.0 Å². The summed E-state index contributed by atoms with van der Waals surface area (Å²) in [5, 5.41) is 4.56. The predicted molar refractivity (Wildman–Crippen MR) is 93.6 cm³/mol. The minimum atomic E-state index is -1.45. The zero-order chi connectivity index (χ0) is 20.5. The molecular formula is C19H16F3N3O3. The van der Waals surface area contributed by atoms with E-state index in [-0.39, 0.29) is 6.42 Å². The largest absolute Gasteiger partial charge is 0.325 e. The summed E-state index contributed by atoms with van der Waals surface area (Å²) < 4.78 is 40.5. The molecule has 0 aromatic heterocycles. The molecule has 0 aliphatic carbocycles. The minimum Gasteiger partial charge on any atom is -0.320 e. The van der Waals surface area contributed by atoms with Gasteiger partial charge in [-0.3, -0.25) is 14.5 Å². The number of hydrogen-bond donors (Lipinski definition) is 2. The van der Waals surface area contributed by atoms with E-state index in [1.54, 1.807) is 6.92 Å². The Labute approximate surface area is 158 Å². The number of imide groups is 1. The standard InChI is InChI=1S/C19H16F3N3O3/c1-2-19(11-6-8-12(20)9-7-11)17(27)25(18(28)24-19)10-15(26)23-16-13(21)4-3-5-14(16)22/h3-9H,2,10H2,1H3,(H,23,26)(H,24,28)/t19-/m1/s1. The molecule has 4 amide bonds. The molecule has 0 unspecified atom stereocenters. The van der Waals surface area contributed by atoms with Gasteiger partial charge in [-0.15, -0.1) is 0 Å². The summed E-state index contributed by atoms with van der Waals surface area (Å²) in [6, 6.07) is 7.28. The highest BCUT2D eigenvalue weighted by Crippen LogP contribution is 2.32. The fraction of sp³-hybridized carbons (Fsp3) is 0.211. The summed E-state index contributed by atoms with van der Waals surface area (Å²) in [4.78, 5) is 38.0. The van der Waals surface area contributed by atoms with Crippen molar-refractivity contribution in [3.05, 3.63) is 65.5 Å². The van der Waals surface area contributed by atoms with Crippen LogP contribution in [-0.2, 0) is 15.1 Å². The average molecular weight is 391 g/mol. The van der Waals surface area contributed by atoms with Crippen molar-refractivity contribution in [3.63, 3.8) is 0 Å². The number of nitrogens with one attached hydrogen (secondary N) is 2. The molecule has 0 saturated carbocycles. The van der Waals surface area contributed by atoms with Gasteiger partial charge in [0.05, 0.1) is 0 Å². The van der Waals surface area contributed by atoms with Crippen molar-refractivity contribution in [1.82, 2.24) is 10.2 Å². The Morgan fingerprint density at radius 3 is 2.25 bits per heavy atom. The van der Waals surface area contributed by atoms with Crippen molar-refractivity contribution in [2.75, 3.05) is 11.9 Å². The Kier molecular flexibility index (Phi) is 5.08. The van der Waals surface area contributed by atoms with Gasteiger partial charge in [-0.05, 0) is 36.2 Å². The smallest absolute Gasteiger partial charge is 0.320 e. The molecule has 3 rings (SSSR count). The number of halogens is 3. The second-order valence-electron chi connectivity index (χ2n) is 6.23. The number of hydrogen-bond acceptors (Lipinski definition) is 3.